The molecule has 34 heavy (non-hydrogen) atoms. The lowest BCUT2D eigenvalue weighted by Gasteiger charge is -2.43. The minimum atomic E-state index is -2.80. The van der Waals surface area contributed by atoms with Crippen molar-refractivity contribution in [2.24, 2.45) is 0 Å². The Labute approximate surface area is 205 Å². The van der Waals surface area contributed by atoms with E-state index in [9.17, 15) is 8.60 Å². The largest absolute Gasteiger partial charge is 0.406 e. The average molecular weight is 497 g/mol. The molecule has 1 aliphatic rings. The fraction of sp³-hybridized carbons (Fsp3) is 0.357. The number of halogens is 1. The Bertz CT molecular complexity index is 1030. The zero-order valence-corrected chi connectivity index (χ0v) is 21.8. The highest BCUT2D eigenvalue weighted by atomic mass is 32.2. The maximum Gasteiger partial charge on any atom is 0.261 e. The Morgan fingerprint density at radius 2 is 1.38 bits per heavy atom. The summed E-state index contributed by atoms with van der Waals surface area (Å²) in [4.78, 5) is 0. The Kier molecular flexibility index (Phi) is 7.82. The third-order valence-corrected chi connectivity index (χ3v) is 13.3. The van der Waals surface area contributed by atoms with E-state index in [0.717, 1.165) is 15.9 Å². The molecule has 1 saturated heterocycles. The summed E-state index contributed by atoms with van der Waals surface area (Å²) >= 11 is 0. The molecule has 0 radical (unpaired) electrons. The molecule has 4 rings (SSSR count). The van der Waals surface area contributed by atoms with Gasteiger partial charge in [0.2, 0.25) is 0 Å². The first-order valence-corrected chi connectivity index (χ1v) is 15.0. The number of benzene rings is 3. The number of rotatable bonds is 8. The molecule has 0 aromatic heterocycles. The molecule has 3 aromatic carbocycles. The number of hydrogen-bond acceptors (Lipinski definition) is 3. The topological polar surface area (TPSA) is 35.5 Å². The fourth-order valence-corrected chi connectivity index (χ4v) is 11.1. The van der Waals surface area contributed by atoms with Crippen molar-refractivity contribution in [3.63, 3.8) is 0 Å². The summed E-state index contributed by atoms with van der Waals surface area (Å²) in [6.07, 6.45) is -2.02. The van der Waals surface area contributed by atoms with Gasteiger partial charge < -0.3 is 9.16 Å². The van der Waals surface area contributed by atoms with Gasteiger partial charge in [0.1, 0.15) is 12.3 Å². The molecule has 3 aromatic rings. The van der Waals surface area contributed by atoms with Crippen molar-refractivity contribution in [2.75, 3.05) is 12.4 Å². The van der Waals surface area contributed by atoms with Gasteiger partial charge in [-0.25, -0.2) is 4.39 Å². The summed E-state index contributed by atoms with van der Waals surface area (Å²) in [6, 6.07) is 30.3. The summed E-state index contributed by atoms with van der Waals surface area (Å²) in [5.41, 5.74) is 0.971. The quantitative estimate of drug-likeness (QED) is 0.427. The van der Waals surface area contributed by atoms with Crippen LogP contribution in [0.3, 0.4) is 0 Å². The van der Waals surface area contributed by atoms with Crippen LogP contribution in [0.5, 0.6) is 0 Å². The molecule has 1 heterocycles. The number of hydrogen-bond donors (Lipinski definition) is 0. The van der Waals surface area contributed by atoms with Gasteiger partial charge in [-0.05, 0) is 21.0 Å². The van der Waals surface area contributed by atoms with Crippen molar-refractivity contribution in [3.8, 4) is 0 Å². The van der Waals surface area contributed by atoms with Crippen molar-refractivity contribution in [1.29, 1.82) is 0 Å². The summed E-state index contributed by atoms with van der Waals surface area (Å²) < 4.78 is 40.9. The molecule has 4 atom stereocenters. The van der Waals surface area contributed by atoms with Crippen molar-refractivity contribution in [3.05, 3.63) is 96.6 Å². The van der Waals surface area contributed by atoms with E-state index in [4.69, 9.17) is 9.16 Å². The first-order chi connectivity index (χ1) is 16.3. The molecule has 0 bridgehead atoms. The van der Waals surface area contributed by atoms with E-state index < -0.39 is 36.6 Å². The van der Waals surface area contributed by atoms with Gasteiger partial charge in [-0.15, -0.1) is 0 Å². The standard InChI is InChI=1S/C28H33FO3SSi/c1-28(2,3)34(23-15-9-5-10-16-23,24-17-11-6-12-18-24)32-20-26-27(25(29)21-33(26)30)31-19-22-13-7-4-8-14-22/h4-18,25-27H,19-21H2,1-3H3/t25-,26-,27+,33?/m1/s1. The second-order valence-electron chi connectivity index (χ2n) is 9.84. The predicted molar refractivity (Wildman–Crippen MR) is 140 cm³/mol. The zero-order chi connectivity index (χ0) is 24.2. The molecule has 0 amide bonds. The Morgan fingerprint density at radius 3 is 1.88 bits per heavy atom. The second kappa shape index (κ2) is 10.6. The second-order valence-corrected chi connectivity index (χ2v) is 15.8. The molecule has 1 unspecified atom stereocenters. The molecule has 6 heteroatoms. The van der Waals surface area contributed by atoms with Crippen molar-refractivity contribution >= 4 is 29.5 Å². The monoisotopic (exact) mass is 496 g/mol. The lowest BCUT2D eigenvalue weighted by Crippen LogP contribution is -2.67. The molecule has 0 N–H and O–H groups in total. The van der Waals surface area contributed by atoms with Crippen LogP contribution in [0, 0.1) is 0 Å². The molecule has 1 aliphatic heterocycles. The van der Waals surface area contributed by atoms with Crippen LogP contribution in [0.1, 0.15) is 26.3 Å². The lowest BCUT2D eigenvalue weighted by atomic mass is 10.2. The van der Waals surface area contributed by atoms with Gasteiger partial charge in [-0.2, -0.15) is 0 Å². The third kappa shape index (κ3) is 5.10. The van der Waals surface area contributed by atoms with E-state index in [1.165, 1.54) is 0 Å². The Balaban J connectivity index is 1.64. The van der Waals surface area contributed by atoms with E-state index >= 15 is 0 Å². The van der Waals surface area contributed by atoms with Crippen molar-refractivity contribution in [1.82, 2.24) is 0 Å². The predicted octanol–water partition coefficient (Wildman–Crippen LogP) is 4.62. The van der Waals surface area contributed by atoms with Crippen LogP contribution >= 0.6 is 0 Å². The van der Waals surface area contributed by atoms with E-state index in [1.807, 2.05) is 66.7 Å². The SMILES string of the molecule is CC(C)(C)[Si](OC[C@@H]1[C@@H](OCc2ccccc2)[C@H](F)CS1=O)(c1ccccc1)c1ccccc1. The minimum absolute atomic E-state index is 0.00572. The van der Waals surface area contributed by atoms with Crippen LogP contribution in [0.15, 0.2) is 91.0 Å². The Morgan fingerprint density at radius 1 is 0.882 bits per heavy atom. The highest BCUT2D eigenvalue weighted by Gasteiger charge is 2.52. The summed E-state index contributed by atoms with van der Waals surface area (Å²) in [5.74, 6) is -0.00572. The van der Waals surface area contributed by atoms with Gasteiger partial charge in [0, 0.05) is 10.8 Å². The summed E-state index contributed by atoms with van der Waals surface area (Å²) in [5, 5.41) is 1.58. The van der Waals surface area contributed by atoms with Gasteiger partial charge in [-0.1, -0.05) is 112 Å². The van der Waals surface area contributed by atoms with Crippen LogP contribution in [-0.2, 0) is 26.6 Å². The summed E-state index contributed by atoms with van der Waals surface area (Å²) in [6.45, 7) is 7.09. The first-order valence-electron chi connectivity index (χ1n) is 11.7. The van der Waals surface area contributed by atoms with Gasteiger partial charge in [0.25, 0.3) is 8.32 Å². The normalized spacial score (nSPS) is 23.2. The lowest BCUT2D eigenvalue weighted by molar-refractivity contribution is -0.00668. The van der Waals surface area contributed by atoms with Gasteiger partial charge in [0.05, 0.1) is 24.2 Å². The molecule has 180 valence electrons. The van der Waals surface area contributed by atoms with E-state index in [1.54, 1.807) is 0 Å². The number of alkyl halides is 1. The molecule has 0 aliphatic carbocycles. The van der Waals surface area contributed by atoms with Crippen molar-refractivity contribution < 1.29 is 17.8 Å². The number of ether oxygens (including phenoxy) is 1. The average Bonchev–Trinajstić information content (AvgIpc) is 3.11. The van der Waals surface area contributed by atoms with Gasteiger partial charge in [0.15, 0.2) is 0 Å². The highest BCUT2D eigenvalue weighted by Crippen LogP contribution is 2.37. The highest BCUT2D eigenvalue weighted by molar-refractivity contribution is 7.86. The van der Waals surface area contributed by atoms with Crippen LogP contribution < -0.4 is 10.4 Å². The molecular weight excluding hydrogens is 463 g/mol. The van der Waals surface area contributed by atoms with Crippen LogP contribution in [0.4, 0.5) is 4.39 Å². The first kappa shape index (κ1) is 25.0. The summed E-state index contributed by atoms with van der Waals surface area (Å²) in [7, 11) is -4.15. The molecule has 0 saturated carbocycles. The van der Waals surface area contributed by atoms with E-state index in [2.05, 4.69) is 45.0 Å². The maximum atomic E-state index is 14.9. The van der Waals surface area contributed by atoms with Gasteiger partial charge >= 0.3 is 0 Å². The molecule has 3 nitrogen and oxygen atoms in total. The molecule has 1 fully saturated rings. The third-order valence-electron chi connectivity index (χ3n) is 6.55. The Hall–Kier alpha value is -2.12. The minimum Gasteiger partial charge on any atom is -0.406 e. The van der Waals surface area contributed by atoms with E-state index in [-0.39, 0.29) is 17.4 Å². The zero-order valence-electron chi connectivity index (χ0n) is 20.0. The molecule has 0 spiro atoms. The maximum absolute atomic E-state index is 14.9. The van der Waals surface area contributed by atoms with Crippen LogP contribution in [0.25, 0.3) is 0 Å². The van der Waals surface area contributed by atoms with Crippen LogP contribution in [0.2, 0.25) is 5.04 Å². The smallest absolute Gasteiger partial charge is 0.261 e. The van der Waals surface area contributed by atoms with Crippen molar-refractivity contribution in [2.45, 2.75) is 49.9 Å². The van der Waals surface area contributed by atoms with E-state index in [0.29, 0.717) is 6.61 Å². The van der Waals surface area contributed by atoms with Gasteiger partial charge in [-0.3, -0.25) is 4.21 Å². The molecular formula is C28H33FO3SSi. The van der Waals surface area contributed by atoms with Crippen LogP contribution in [-0.4, -0.2) is 42.4 Å². The fourth-order valence-electron chi connectivity index (χ4n) is 4.88.